The van der Waals surface area contributed by atoms with E-state index in [1.165, 1.54) is 0 Å². The molecule has 0 aliphatic carbocycles. The highest BCUT2D eigenvalue weighted by molar-refractivity contribution is 5.83. The maximum absolute atomic E-state index is 13.9. The minimum atomic E-state index is -0.359. The lowest BCUT2D eigenvalue weighted by molar-refractivity contribution is 0.115. The van der Waals surface area contributed by atoms with Crippen LogP contribution in [0.2, 0.25) is 0 Å². The number of fused-ring (bicyclic) bond motifs is 3. The van der Waals surface area contributed by atoms with Crippen molar-refractivity contribution in [3.63, 3.8) is 0 Å². The molecular weight excluding hydrogens is 494 g/mol. The number of carbonyl (C=O) groups excluding carboxylic acids is 1. The van der Waals surface area contributed by atoms with Gasteiger partial charge in [0.15, 0.2) is 0 Å². The molecule has 0 radical (unpaired) electrons. The van der Waals surface area contributed by atoms with Crippen molar-refractivity contribution in [3.05, 3.63) is 65.4 Å². The molecule has 2 aromatic rings. The molecule has 0 aromatic heterocycles. The smallest absolute Gasteiger partial charge is 0.325 e. The standard InChI is InChI=1S/C31H39N3O5/c1-8-34-30(35)33-19-23-16-26(38-6)18-27(39-7)29(23)20(2)13-28(33)31(34)9-11-32(12-10-31)21(3)22-14-24(36-4)17-25(15-22)37-5/h13-18,20H,3,8-12,19H2,1-2,4-7H3/t20-/m0/s1. The Morgan fingerprint density at radius 1 is 0.949 bits per heavy atom. The zero-order valence-electron chi connectivity index (χ0n) is 23.9. The number of benzene rings is 2. The molecule has 0 unspecified atom stereocenters. The van der Waals surface area contributed by atoms with E-state index in [2.05, 4.69) is 36.3 Å². The van der Waals surface area contributed by atoms with Crippen LogP contribution >= 0.6 is 0 Å². The first kappa shape index (κ1) is 26.8. The number of likely N-dealkylation sites (tertiary alicyclic amines) is 1. The first-order chi connectivity index (χ1) is 18.8. The van der Waals surface area contributed by atoms with Crippen molar-refractivity contribution in [2.45, 2.75) is 44.7 Å². The van der Waals surface area contributed by atoms with Crippen molar-refractivity contribution in [1.82, 2.24) is 14.7 Å². The van der Waals surface area contributed by atoms with E-state index in [9.17, 15) is 4.79 Å². The Hall–Kier alpha value is -3.81. The first-order valence-corrected chi connectivity index (χ1v) is 13.5. The van der Waals surface area contributed by atoms with Crippen LogP contribution in [-0.4, -0.2) is 74.3 Å². The summed E-state index contributed by atoms with van der Waals surface area (Å²) >= 11 is 0. The molecule has 3 aliphatic rings. The van der Waals surface area contributed by atoms with Gasteiger partial charge < -0.3 is 28.7 Å². The molecule has 2 fully saturated rings. The Balaban J connectivity index is 1.46. The fourth-order valence-electron chi connectivity index (χ4n) is 6.57. The highest BCUT2D eigenvalue weighted by Crippen LogP contribution is 2.49. The summed E-state index contributed by atoms with van der Waals surface area (Å²) in [5.41, 5.74) is 4.82. The number of methoxy groups -OCH3 is 4. The number of rotatable bonds is 7. The lowest BCUT2D eigenvalue weighted by Crippen LogP contribution is -2.53. The zero-order valence-corrected chi connectivity index (χ0v) is 23.9. The minimum Gasteiger partial charge on any atom is -0.497 e. The molecule has 3 heterocycles. The molecule has 2 aromatic carbocycles. The number of carbonyl (C=O) groups is 1. The second-order valence-electron chi connectivity index (χ2n) is 10.4. The van der Waals surface area contributed by atoms with E-state index in [0.29, 0.717) is 13.1 Å². The normalized spacial score (nSPS) is 19.7. The predicted octanol–water partition coefficient (Wildman–Crippen LogP) is 5.49. The van der Waals surface area contributed by atoms with Crippen LogP contribution in [0.15, 0.2) is 48.7 Å². The molecule has 0 saturated carbocycles. The van der Waals surface area contributed by atoms with E-state index in [1.807, 2.05) is 35.2 Å². The molecule has 39 heavy (non-hydrogen) atoms. The minimum absolute atomic E-state index is 0.0652. The third-order valence-electron chi connectivity index (χ3n) is 8.57. The average Bonchev–Trinajstić information content (AvgIpc) is 3.07. The molecule has 8 heteroatoms. The van der Waals surface area contributed by atoms with E-state index < -0.39 is 0 Å². The zero-order chi connectivity index (χ0) is 27.9. The topological polar surface area (TPSA) is 63.7 Å². The van der Waals surface area contributed by atoms with Gasteiger partial charge in [-0.3, -0.25) is 4.90 Å². The quantitative estimate of drug-likeness (QED) is 0.469. The maximum Gasteiger partial charge on any atom is 0.325 e. The lowest BCUT2D eigenvalue weighted by atomic mass is 9.81. The third kappa shape index (κ3) is 4.36. The highest BCUT2D eigenvalue weighted by Gasteiger charge is 2.55. The van der Waals surface area contributed by atoms with Crippen molar-refractivity contribution in [1.29, 1.82) is 0 Å². The molecule has 0 N–H and O–H groups in total. The van der Waals surface area contributed by atoms with Gasteiger partial charge >= 0.3 is 6.03 Å². The SMILES string of the molecule is C=C(c1cc(OC)cc(OC)c1)N1CCC2(CC1)C1=C[C@H](C)c3c(cc(OC)cc3OC)CN1C(=O)N2CC. The van der Waals surface area contributed by atoms with E-state index in [4.69, 9.17) is 18.9 Å². The van der Waals surface area contributed by atoms with Gasteiger partial charge in [-0.25, -0.2) is 4.79 Å². The number of amides is 2. The van der Waals surface area contributed by atoms with Gasteiger partial charge in [0.1, 0.15) is 23.0 Å². The summed E-state index contributed by atoms with van der Waals surface area (Å²) in [5.74, 6) is 3.08. The summed E-state index contributed by atoms with van der Waals surface area (Å²) in [4.78, 5) is 20.2. The van der Waals surface area contributed by atoms with Crippen LogP contribution in [0.3, 0.4) is 0 Å². The van der Waals surface area contributed by atoms with Crippen LogP contribution in [0.4, 0.5) is 4.79 Å². The van der Waals surface area contributed by atoms with Gasteiger partial charge in [0.05, 0.1) is 40.5 Å². The molecule has 1 atom stereocenters. The van der Waals surface area contributed by atoms with Gasteiger partial charge in [0.25, 0.3) is 0 Å². The second-order valence-corrected chi connectivity index (χ2v) is 10.4. The number of hydrogen-bond donors (Lipinski definition) is 0. The van der Waals surface area contributed by atoms with Crippen LogP contribution in [-0.2, 0) is 6.54 Å². The summed E-state index contributed by atoms with van der Waals surface area (Å²) in [7, 11) is 6.65. The molecule has 2 saturated heterocycles. The summed E-state index contributed by atoms with van der Waals surface area (Å²) < 4.78 is 22.3. The van der Waals surface area contributed by atoms with E-state index in [0.717, 1.165) is 77.0 Å². The van der Waals surface area contributed by atoms with Crippen LogP contribution in [0.25, 0.3) is 5.70 Å². The molecule has 3 aliphatic heterocycles. The van der Waals surface area contributed by atoms with E-state index in [1.54, 1.807) is 28.4 Å². The molecule has 0 bridgehead atoms. The van der Waals surface area contributed by atoms with Crippen molar-refractivity contribution < 1.29 is 23.7 Å². The number of urea groups is 1. The highest BCUT2D eigenvalue weighted by atomic mass is 16.5. The Labute approximate surface area is 231 Å². The van der Waals surface area contributed by atoms with Crippen LogP contribution in [0.1, 0.15) is 49.3 Å². The number of ether oxygens (including phenoxy) is 4. The Kier molecular flexibility index (Phi) is 7.14. The Bertz CT molecular complexity index is 1290. The number of likely N-dealkylation sites (N-methyl/N-ethyl adjacent to an activating group) is 1. The number of allylic oxidation sites excluding steroid dienone is 1. The summed E-state index contributed by atoms with van der Waals surface area (Å²) in [6.07, 6.45) is 3.92. The fourth-order valence-corrected chi connectivity index (χ4v) is 6.57. The second kappa shape index (κ2) is 10.4. The maximum atomic E-state index is 13.9. The fraction of sp³-hybridized carbons (Fsp3) is 0.452. The van der Waals surface area contributed by atoms with Gasteiger partial charge in [0, 0.05) is 60.2 Å². The molecule has 2 amide bonds. The van der Waals surface area contributed by atoms with E-state index >= 15 is 0 Å². The van der Waals surface area contributed by atoms with Gasteiger partial charge in [0.2, 0.25) is 0 Å². The molecule has 8 nitrogen and oxygen atoms in total. The molecule has 1 spiro atoms. The van der Waals surface area contributed by atoms with Gasteiger partial charge in [-0.05, 0) is 43.5 Å². The summed E-state index contributed by atoms with van der Waals surface area (Å²) in [6, 6.07) is 9.87. The van der Waals surface area contributed by atoms with Crippen molar-refractivity contribution in [2.24, 2.45) is 0 Å². The number of piperidine rings is 1. The van der Waals surface area contributed by atoms with Crippen LogP contribution in [0, 0.1) is 0 Å². The van der Waals surface area contributed by atoms with Crippen LogP contribution in [0.5, 0.6) is 23.0 Å². The average molecular weight is 534 g/mol. The van der Waals surface area contributed by atoms with Gasteiger partial charge in [-0.2, -0.15) is 0 Å². The largest absolute Gasteiger partial charge is 0.497 e. The lowest BCUT2D eigenvalue weighted by Gasteiger charge is -2.45. The van der Waals surface area contributed by atoms with E-state index in [-0.39, 0.29) is 17.5 Å². The Morgan fingerprint density at radius 3 is 2.13 bits per heavy atom. The van der Waals surface area contributed by atoms with Crippen molar-refractivity contribution >= 4 is 11.7 Å². The van der Waals surface area contributed by atoms with Gasteiger partial charge in [-0.1, -0.05) is 19.6 Å². The number of nitrogens with zero attached hydrogens (tertiary/aromatic N) is 3. The Morgan fingerprint density at radius 2 is 1.56 bits per heavy atom. The third-order valence-corrected chi connectivity index (χ3v) is 8.57. The van der Waals surface area contributed by atoms with Crippen LogP contribution < -0.4 is 18.9 Å². The molecular formula is C31H39N3O5. The monoisotopic (exact) mass is 533 g/mol. The summed E-state index contributed by atoms with van der Waals surface area (Å²) in [5, 5.41) is 0. The molecule has 5 rings (SSSR count). The summed E-state index contributed by atoms with van der Waals surface area (Å²) in [6.45, 7) is 11.4. The first-order valence-electron chi connectivity index (χ1n) is 13.5. The van der Waals surface area contributed by atoms with Crippen molar-refractivity contribution in [2.75, 3.05) is 48.1 Å². The predicted molar refractivity (Wildman–Crippen MR) is 151 cm³/mol. The van der Waals surface area contributed by atoms with Crippen molar-refractivity contribution in [3.8, 4) is 23.0 Å². The molecule has 208 valence electrons. The van der Waals surface area contributed by atoms with Gasteiger partial charge in [-0.15, -0.1) is 0 Å². The number of hydrogen-bond acceptors (Lipinski definition) is 6.